The van der Waals surface area contributed by atoms with E-state index < -0.39 is 0 Å². The first-order valence-electron chi connectivity index (χ1n) is 11.6. The highest BCUT2D eigenvalue weighted by Gasteiger charge is 2.30. The Morgan fingerprint density at radius 2 is 1.78 bits per heavy atom. The molecule has 0 bridgehead atoms. The van der Waals surface area contributed by atoms with Gasteiger partial charge in [0.1, 0.15) is 11.6 Å². The Morgan fingerprint density at radius 1 is 1.09 bits per heavy atom. The fourth-order valence-corrected chi connectivity index (χ4v) is 4.80. The summed E-state index contributed by atoms with van der Waals surface area (Å²) in [4.78, 5) is 36.6. The van der Waals surface area contributed by atoms with Crippen LogP contribution in [0.25, 0.3) is 0 Å². The van der Waals surface area contributed by atoms with Gasteiger partial charge in [0, 0.05) is 30.9 Å². The second-order valence-corrected chi connectivity index (χ2v) is 8.91. The summed E-state index contributed by atoms with van der Waals surface area (Å²) in [5, 5.41) is 2.93. The van der Waals surface area contributed by atoms with Gasteiger partial charge in [-0.15, -0.1) is 0 Å². The number of nitrogens with zero attached hydrogens (tertiary/aromatic N) is 3. The lowest BCUT2D eigenvalue weighted by Gasteiger charge is -2.33. The molecule has 4 rings (SSSR count). The average molecular weight is 437 g/mol. The van der Waals surface area contributed by atoms with E-state index in [9.17, 15) is 9.59 Å². The molecule has 0 atom stereocenters. The molecule has 7 nitrogen and oxygen atoms in total. The highest BCUT2D eigenvalue weighted by molar-refractivity contribution is 6.04. The van der Waals surface area contributed by atoms with Crippen molar-refractivity contribution in [3.8, 4) is 5.75 Å². The normalized spacial score (nSPS) is 17.4. The molecule has 2 fully saturated rings. The molecular weight excluding hydrogens is 404 g/mol. The maximum absolute atomic E-state index is 13.0. The van der Waals surface area contributed by atoms with Gasteiger partial charge in [0.2, 0.25) is 5.91 Å². The number of likely N-dealkylation sites (tertiary alicyclic amines) is 1. The smallest absolute Gasteiger partial charge is 0.259 e. The molecule has 2 amide bonds. The summed E-state index contributed by atoms with van der Waals surface area (Å²) in [5.74, 6) is 2.18. The number of piperidine rings is 1. The Bertz CT molecular complexity index is 946. The topological polar surface area (TPSA) is 84.4 Å². The summed E-state index contributed by atoms with van der Waals surface area (Å²) in [6, 6.07) is 7.23. The van der Waals surface area contributed by atoms with Gasteiger partial charge in [0.05, 0.1) is 18.4 Å². The fourth-order valence-electron chi connectivity index (χ4n) is 4.80. The number of anilines is 1. The molecule has 32 heavy (non-hydrogen) atoms. The number of hydrogen-bond donors (Lipinski definition) is 1. The van der Waals surface area contributed by atoms with Crippen LogP contribution in [0.4, 0.5) is 5.69 Å². The van der Waals surface area contributed by atoms with E-state index in [2.05, 4.69) is 20.2 Å². The van der Waals surface area contributed by atoms with Gasteiger partial charge >= 0.3 is 0 Å². The molecule has 2 aromatic rings. The number of benzene rings is 1. The predicted octanol–water partition coefficient (Wildman–Crippen LogP) is 4.02. The van der Waals surface area contributed by atoms with Crippen molar-refractivity contribution >= 4 is 17.5 Å². The van der Waals surface area contributed by atoms with Crippen molar-refractivity contribution in [3.05, 3.63) is 47.5 Å². The quantitative estimate of drug-likeness (QED) is 0.739. The minimum absolute atomic E-state index is 0.209. The molecule has 1 N–H and O–H groups in total. The van der Waals surface area contributed by atoms with Crippen LogP contribution in [-0.4, -0.2) is 46.9 Å². The molecule has 0 spiro atoms. The van der Waals surface area contributed by atoms with Gasteiger partial charge in [-0.25, -0.2) is 9.97 Å². The minimum Gasteiger partial charge on any atom is -0.497 e. The first-order valence-corrected chi connectivity index (χ1v) is 11.6. The second kappa shape index (κ2) is 10.1. The number of methoxy groups -OCH3 is 1. The number of carbonyl (C=O) groups excluding carboxylic acids is 2. The van der Waals surface area contributed by atoms with Gasteiger partial charge in [0.25, 0.3) is 5.91 Å². The minimum atomic E-state index is -0.209. The number of aromatic nitrogens is 2. The van der Waals surface area contributed by atoms with Crippen LogP contribution in [0.15, 0.2) is 30.5 Å². The standard InChI is InChI=1S/C25H32N4O3/c1-17-26-16-22(24(30)28-20-7-9-21(32-2)10-8-20)23(27-17)15-18-11-13-29(14-12-18)25(31)19-5-3-4-6-19/h7-10,16,18-19H,3-6,11-15H2,1-2H3,(H,28,30). The Balaban J connectivity index is 1.39. The van der Waals surface area contributed by atoms with Crippen LogP contribution >= 0.6 is 0 Å². The van der Waals surface area contributed by atoms with E-state index >= 15 is 0 Å². The van der Waals surface area contributed by atoms with Crippen molar-refractivity contribution in [3.63, 3.8) is 0 Å². The lowest BCUT2D eigenvalue weighted by Crippen LogP contribution is -2.41. The molecule has 1 aromatic heterocycles. The molecule has 1 aromatic carbocycles. The fraction of sp³-hybridized carbons (Fsp3) is 0.520. The third-order valence-corrected chi connectivity index (χ3v) is 6.69. The first-order chi connectivity index (χ1) is 15.5. The monoisotopic (exact) mass is 436 g/mol. The van der Waals surface area contributed by atoms with Crippen LogP contribution in [0.3, 0.4) is 0 Å². The maximum Gasteiger partial charge on any atom is 0.259 e. The van der Waals surface area contributed by atoms with Crippen molar-refractivity contribution in [2.75, 3.05) is 25.5 Å². The van der Waals surface area contributed by atoms with Crippen molar-refractivity contribution in [2.45, 2.75) is 51.9 Å². The lowest BCUT2D eigenvalue weighted by molar-refractivity contribution is -0.136. The molecule has 1 aliphatic heterocycles. The predicted molar refractivity (Wildman–Crippen MR) is 123 cm³/mol. The zero-order chi connectivity index (χ0) is 22.5. The molecule has 0 unspecified atom stereocenters. The summed E-state index contributed by atoms with van der Waals surface area (Å²) >= 11 is 0. The van der Waals surface area contributed by atoms with E-state index in [1.165, 1.54) is 12.8 Å². The third-order valence-electron chi connectivity index (χ3n) is 6.69. The molecule has 2 aliphatic rings. The van der Waals surface area contributed by atoms with Gasteiger partial charge in [-0.3, -0.25) is 9.59 Å². The van der Waals surface area contributed by atoms with Gasteiger partial charge in [-0.2, -0.15) is 0 Å². The Kier molecular flexibility index (Phi) is 7.02. The van der Waals surface area contributed by atoms with E-state index in [1.807, 2.05) is 31.2 Å². The van der Waals surface area contributed by atoms with Crippen LogP contribution < -0.4 is 10.1 Å². The Morgan fingerprint density at radius 3 is 2.44 bits per heavy atom. The molecular formula is C25H32N4O3. The van der Waals surface area contributed by atoms with Crippen LogP contribution in [0, 0.1) is 18.8 Å². The third kappa shape index (κ3) is 5.26. The Hall–Kier alpha value is -2.96. The zero-order valence-corrected chi connectivity index (χ0v) is 19.0. The number of nitrogens with one attached hydrogen (secondary N) is 1. The molecule has 7 heteroatoms. The van der Waals surface area contributed by atoms with Gasteiger partial charge in [-0.1, -0.05) is 12.8 Å². The SMILES string of the molecule is COc1ccc(NC(=O)c2cnc(C)nc2CC2CCN(C(=O)C3CCCC3)CC2)cc1. The number of carbonyl (C=O) groups is 2. The van der Waals surface area contributed by atoms with E-state index in [-0.39, 0.29) is 11.8 Å². The molecule has 1 aliphatic carbocycles. The lowest BCUT2D eigenvalue weighted by atomic mass is 9.90. The molecule has 1 saturated heterocycles. The van der Waals surface area contributed by atoms with Crippen LogP contribution in [0.1, 0.15) is 60.4 Å². The number of rotatable bonds is 6. The van der Waals surface area contributed by atoms with Gasteiger partial charge in [-0.05, 0) is 69.2 Å². The average Bonchev–Trinajstić information content (AvgIpc) is 3.35. The number of amides is 2. The molecule has 1 saturated carbocycles. The molecule has 170 valence electrons. The van der Waals surface area contributed by atoms with E-state index in [4.69, 9.17) is 4.74 Å². The van der Waals surface area contributed by atoms with Gasteiger partial charge < -0.3 is 15.0 Å². The van der Waals surface area contributed by atoms with Crippen LogP contribution in [0.5, 0.6) is 5.75 Å². The Labute approximate surface area is 189 Å². The van der Waals surface area contributed by atoms with Gasteiger partial charge in [0.15, 0.2) is 0 Å². The summed E-state index contributed by atoms with van der Waals surface area (Å²) in [6.07, 6.45) is 8.69. The second-order valence-electron chi connectivity index (χ2n) is 8.91. The summed E-state index contributed by atoms with van der Waals surface area (Å²) in [6.45, 7) is 3.45. The van der Waals surface area contributed by atoms with Crippen molar-refractivity contribution in [1.82, 2.24) is 14.9 Å². The van der Waals surface area contributed by atoms with Crippen molar-refractivity contribution < 1.29 is 14.3 Å². The number of hydrogen-bond acceptors (Lipinski definition) is 5. The van der Waals surface area contributed by atoms with E-state index in [0.29, 0.717) is 28.9 Å². The first kappa shape index (κ1) is 22.2. The van der Waals surface area contributed by atoms with Crippen molar-refractivity contribution in [2.24, 2.45) is 11.8 Å². The van der Waals surface area contributed by atoms with Crippen LogP contribution in [0.2, 0.25) is 0 Å². The highest BCUT2D eigenvalue weighted by atomic mass is 16.5. The van der Waals surface area contributed by atoms with E-state index in [0.717, 1.165) is 56.6 Å². The number of ether oxygens (including phenoxy) is 1. The molecule has 0 radical (unpaired) electrons. The maximum atomic E-state index is 13.0. The number of aryl methyl sites for hydroxylation is 1. The highest BCUT2D eigenvalue weighted by Crippen LogP contribution is 2.29. The molecule has 2 heterocycles. The summed E-state index contributed by atoms with van der Waals surface area (Å²) in [5.41, 5.74) is 1.99. The summed E-state index contributed by atoms with van der Waals surface area (Å²) in [7, 11) is 1.61. The van der Waals surface area contributed by atoms with E-state index in [1.54, 1.807) is 13.3 Å². The zero-order valence-electron chi connectivity index (χ0n) is 19.0. The largest absolute Gasteiger partial charge is 0.497 e. The van der Waals surface area contributed by atoms with Crippen LogP contribution in [-0.2, 0) is 11.2 Å². The van der Waals surface area contributed by atoms with Crippen molar-refractivity contribution in [1.29, 1.82) is 0 Å². The summed E-state index contributed by atoms with van der Waals surface area (Å²) < 4.78 is 5.17.